The zero-order valence-electron chi connectivity index (χ0n) is 12.0. The number of benzene rings is 1. The minimum absolute atomic E-state index is 0.480. The fourth-order valence-electron chi connectivity index (χ4n) is 2.62. The lowest BCUT2D eigenvalue weighted by Crippen LogP contribution is -2.48. The summed E-state index contributed by atoms with van der Waals surface area (Å²) in [6, 6.07) is 7.01. The highest BCUT2D eigenvalue weighted by atomic mass is 32.1. The Labute approximate surface area is 121 Å². The first-order valence-corrected chi connectivity index (χ1v) is 7.29. The highest BCUT2D eigenvalue weighted by Crippen LogP contribution is 2.21. The molecule has 0 atom stereocenters. The number of nitrogens with two attached hydrogens (primary N) is 1. The van der Waals surface area contributed by atoms with Gasteiger partial charge in [-0.25, -0.2) is 0 Å². The van der Waals surface area contributed by atoms with Crippen molar-refractivity contribution in [2.75, 3.05) is 31.1 Å². The van der Waals surface area contributed by atoms with Gasteiger partial charge in [-0.1, -0.05) is 12.2 Å². The van der Waals surface area contributed by atoms with Gasteiger partial charge in [0.1, 0.15) is 4.99 Å². The first-order valence-electron chi connectivity index (χ1n) is 6.88. The van der Waals surface area contributed by atoms with Gasteiger partial charge in [-0.2, -0.15) is 0 Å². The van der Waals surface area contributed by atoms with Gasteiger partial charge in [-0.15, -0.1) is 0 Å². The maximum atomic E-state index is 5.71. The number of thiocarbonyl (C=S) groups is 1. The van der Waals surface area contributed by atoms with E-state index in [1.807, 2.05) is 6.07 Å². The zero-order valence-corrected chi connectivity index (χ0v) is 12.8. The second-order valence-electron chi connectivity index (χ2n) is 5.48. The monoisotopic (exact) mass is 277 g/mol. The second-order valence-corrected chi connectivity index (χ2v) is 5.92. The number of nitrogens with zero attached hydrogens (tertiary/aromatic N) is 2. The van der Waals surface area contributed by atoms with Crippen LogP contribution < -0.4 is 10.6 Å². The van der Waals surface area contributed by atoms with E-state index in [0.29, 0.717) is 11.0 Å². The molecule has 19 heavy (non-hydrogen) atoms. The molecule has 1 saturated heterocycles. The average molecular weight is 277 g/mol. The van der Waals surface area contributed by atoms with Crippen LogP contribution in [0.5, 0.6) is 0 Å². The van der Waals surface area contributed by atoms with E-state index in [0.717, 1.165) is 37.3 Å². The Morgan fingerprint density at radius 3 is 2.32 bits per heavy atom. The van der Waals surface area contributed by atoms with Crippen LogP contribution in [0.2, 0.25) is 0 Å². The lowest BCUT2D eigenvalue weighted by atomic mass is 10.1. The molecule has 0 aliphatic carbocycles. The quantitative estimate of drug-likeness (QED) is 0.858. The highest BCUT2D eigenvalue weighted by Gasteiger charge is 2.19. The van der Waals surface area contributed by atoms with Crippen LogP contribution in [-0.2, 0) is 0 Å². The van der Waals surface area contributed by atoms with Crippen LogP contribution in [0.1, 0.15) is 25.0 Å². The van der Waals surface area contributed by atoms with Gasteiger partial charge in [0, 0.05) is 43.5 Å². The summed E-state index contributed by atoms with van der Waals surface area (Å²) in [6.07, 6.45) is 0. The van der Waals surface area contributed by atoms with E-state index < -0.39 is 0 Å². The summed E-state index contributed by atoms with van der Waals surface area (Å²) < 4.78 is 0. The van der Waals surface area contributed by atoms with Crippen molar-refractivity contribution in [2.45, 2.75) is 26.8 Å². The fraction of sp³-hybridized carbons (Fsp3) is 0.533. The van der Waals surface area contributed by atoms with E-state index in [9.17, 15) is 0 Å². The van der Waals surface area contributed by atoms with Crippen LogP contribution in [-0.4, -0.2) is 42.1 Å². The molecule has 0 unspecified atom stereocenters. The fourth-order valence-corrected chi connectivity index (χ4v) is 2.85. The Balaban J connectivity index is 2.08. The van der Waals surface area contributed by atoms with Gasteiger partial charge in [-0.05, 0) is 44.5 Å². The molecule has 0 bridgehead atoms. The molecule has 4 heteroatoms. The molecule has 1 aliphatic rings. The Morgan fingerprint density at radius 1 is 1.21 bits per heavy atom. The summed E-state index contributed by atoms with van der Waals surface area (Å²) in [5.41, 5.74) is 9.13. The van der Waals surface area contributed by atoms with E-state index >= 15 is 0 Å². The SMILES string of the molecule is Cc1cc(N2CCN(C(C)C)CC2)ccc1C(N)=S. The van der Waals surface area contributed by atoms with Crippen molar-refractivity contribution in [3.05, 3.63) is 29.3 Å². The topological polar surface area (TPSA) is 32.5 Å². The van der Waals surface area contributed by atoms with Gasteiger partial charge in [0.25, 0.3) is 0 Å². The maximum Gasteiger partial charge on any atom is 0.104 e. The molecule has 1 heterocycles. The molecule has 0 amide bonds. The van der Waals surface area contributed by atoms with Crippen LogP contribution in [0.3, 0.4) is 0 Å². The smallest absolute Gasteiger partial charge is 0.104 e. The lowest BCUT2D eigenvalue weighted by Gasteiger charge is -2.38. The number of anilines is 1. The van der Waals surface area contributed by atoms with E-state index in [4.69, 9.17) is 18.0 Å². The van der Waals surface area contributed by atoms with E-state index in [-0.39, 0.29) is 0 Å². The molecule has 0 spiro atoms. The molecular formula is C15H23N3S. The summed E-state index contributed by atoms with van der Waals surface area (Å²) in [4.78, 5) is 5.44. The minimum Gasteiger partial charge on any atom is -0.389 e. The molecule has 0 aromatic heterocycles. The van der Waals surface area contributed by atoms with Crippen molar-refractivity contribution in [3.63, 3.8) is 0 Å². The normalized spacial score (nSPS) is 16.9. The van der Waals surface area contributed by atoms with E-state index in [1.54, 1.807) is 0 Å². The van der Waals surface area contributed by atoms with Gasteiger partial charge < -0.3 is 10.6 Å². The summed E-state index contributed by atoms with van der Waals surface area (Å²) >= 11 is 5.05. The summed E-state index contributed by atoms with van der Waals surface area (Å²) in [5, 5.41) is 0. The van der Waals surface area contributed by atoms with Crippen LogP contribution >= 0.6 is 12.2 Å². The molecule has 1 aromatic rings. The van der Waals surface area contributed by atoms with Crippen LogP contribution in [0.4, 0.5) is 5.69 Å². The largest absolute Gasteiger partial charge is 0.389 e. The Kier molecular flexibility index (Phi) is 4.42. The number of rotatable bonds is 3. The molecule has 2 N–H and O–H groups in total. The van der Waals surface area contributed by atoms with Gasteiger partial charge >= 0.3 is 0 Å². The Bertz CT molecular complexity index is 462. The first-order chi connectivity index (χ1) is 8.99. The third-order valence-electron chi connectivity index (χ3n) is 3.89. The summed E-state index contributed by atoms with van der Waals surface area (Å²) in [5.74, 6) is 0. The van der Waals surface area contributed by atoms with Gasteiger partial charge in [0.2, 0.25) is 0 Å². The van der Waals surface area contributed by atoms with Crippen molar-refractivity contribution in [2.24, 2.45) is 5.73 Å². The van der Waals surface area contributed by atoms with Gasteiger partial charge in [-0.3, -0.25) is 4.90 Å². The second kappa shape index (κ2) is 5.88. The van der Waals surface area contributed by atoms with Gasteiger partial charge in [0.05, 0.1) is 0 Å². The van der Waals surface area contributed by atoms with Crippen molar-refractivity contribution in [1.29, 1.82) is 0 Å². The molecule has 2 rings (SSSR count). The standard InChI is InChI=1S/C15H23N3S/c1-11(2)17-6-8-18(9-7-17)13-4-5-14(15(16)19)12(3)10-13/h4-5,10-11H,6-9H2,1-3H3,(H2,16,19). The van der Waals surface area contributed by atoms with Gasteiger partial charge in [0.15, 0.2) is 0 Å². The molecule has 1 aromatic carbocycles. The molecule has 0 radical (unpaired) electrons. The van der Waals surface area contributed by atoms with Crippen molar-refractivity contribution in [3.8, 4) is 0 Å². The van der Waals surface area contributed by atoms with Crippen molar-refractivity contribution < 1.29 is 0 Å². The molecule has 1 aliphatic heterocycles. The lowest BCUT2D eigenvalue weighted by molar-refractivity contribution is 0.209. The van der Waals surface area contributed by atoms with Crippen LogP contribution in [0, 0.1) is 6.92 Å². The average Bonchev–Trinajstić information content (AvgIpc) is 2.38. The zero-order chi connectivity index (χ0) is 14.0. The Morgan fingerprint density at radius 2 is 1.84 bits per heavy atom. The highest BCUT2D eigenvalue weighted by molar-refractivity contribution is 7.80. The number of hydrogen-bond acceptors (Lipinski definition) is 3. The molecule has 3 nitrogen and oxygen atoms in total. The Hall–Kier alpha value is -1.13. The van der Waals surface area contributed by atoms with E-state index in [1.165, 1.54) is 5.69 Å². The van der Waals surface area contributed by atoms with Crippen LogP contribution in [0.15, 0.2) is 18.2 Å². The third kappa shape index (κ3) is 3.25. The maximum absolute atomic E-state index is 5.71. The summed E-state index contributed by atoms with van der Waals surface area (Å²) in [7, 11) is 0. The van der Waals surface area contributed by atoms with E-state index in [2.05, 4.69) is 42.7 Å². The van der Waals surface area contributed by atoms with Crippen LogP contribution in [0.25, 0.3) is 0 Å². The van der Waals surface area contributed by atoms with Crippen molar-refractivity contribution in [1.82, 2.24) is 4.90 Å². The number of piperazine rings is 1. The van der Waals surface area contributed by atoms with Crippen molar-refractivity contribution >= 4 is 22.9 Å². The third-order valence-corrected chi connectivity index (χ3v) is 4.11. The first kappa shape index (κ1) is 14.3. The number of hydrogen-bond donors (Lipinski definition) is 1. The molecular weight excluding hydrogens is 254 g/mol. The number of aryl methyl sites for hydroxylation is 1. The minimum atomic E-state index is 0.480. The predicted octanol–water partition coefficient (Wildman–Crippen LogP) is 2.16. The molecule has 104 valence electrons. The summed E-state index contributed by atoms with van der Waals surface area (Å²) in [6.45, 7) is 11.0. The molecule has 1 fully saturated rings. The molecule has 0 saturated carbocycles. The predicted molar refractivity (Wildman–Crippen MR) is 86.0 cm³/mol.